The van der Waals surface area contributed by atoms with Crippen LogP contribution in [0.1, 0.15) is 66.7 Å². The molecule has 1 saturated carbocycles. The van der Waals surface area contributed by atoms with Gasteiger partial charge in [-0.2, -0.15) is 0 Å². The highest BCUT2D eigenvalue weighted by Gasteiger charge is 2.36. The van der Waals surface area contributed by atoms with Crippen LogP contribution < -0.4 is 0 Å². The van der Waals surface area contributed by atoms with Crippen LogP contribution in [0.5, 0.6) is 0 Å². The van der Waals surface area contributed by atoms with Gasteiger partial charge in [0.2, 0.25) is 0 Å². The molecule has 360 valence electrons. The Kier molecular flexibility index (Phi) is 40.5. The zero-order valence-electron chi connectivity index (χ0n) is 38.5. The average Bonchev–Trinajstić information content (AvgIpc) is 3.21. The van der Waals surface area contributed by atoms with Crippen LogP contribution in [0.25, 0.3) is 0 Å². The van der Waals surface area contributed by atoms with E-state index in [1.807, 2.05) is 0 Å². The molecular weight excluding hydrogens is 784 g/mol. The minimum absolute atomic E-state index is 0.0232. The van der Waals surface area contributed by atoms with Gasteiger partial charge < -0.3 is 76.2 Å². The van der Waals surface area contributed by atoms with Gasteiger partial charge in [-0.3, -0.25) is 0 Å². The Balaban J connectivity index is 1.65. The summed E-state index contributed by atoms with van der Waals surface area (Å²) >= 11 is 0. The van der Waals surface area contributed by atoms with Gasteiger partial charge >= 0.3 is 0 Å². The highest BCUT2D eigenvalue weighted by atomic mass is 16.6. The third-order valence-corrected chi connectivity index (χ3v) is 9.42. The second-order valence-electron chi connectivity index (χ2n) is 16.4. The smallest absolute Gasteiger partial charge is 0.0704 e. The van der Waals surface area contributed by atoms with Crippen LogP contribution in [0, 0.1) is 16.7 Å². The highest BCUT2D eigenvalue weighted by molar-refractivity contribution is 4.86. The molecule has 0 aromatic rings. The van der Waals surface area contributed by atoms with Crippen molar-refractivity contribution in [1.29, 1.82) is 0 Å². The van der Waals surface area contributed by atoms with E-state index < -0.39 is 0 Å². The van der Waals surface area contributed by atoms with E-state index in [-0.39, 0.29) is 6.61 Å². The molecule has 0 spiro atoms. The molecule has 0 heterocycles. The van der Waals surface area contributed by atoms with Gasteiger partial charge in [0.1, 0.15) is 0 Å². The molecule has 0 unspecified atom stereocenters. The Morgan fingerprint density at radius 3 is 0.750 bits per heavy atom. The van der Waals surface area contributed by atoms with Crippen LogP contribution >= 0.6 is 0 Å². The van der Waals surface area contributed by atoms with Gasteiger partial charge in [-0.05, 0) is 48.9 Å². The second-order valence-corrected chi connectivity index (χ2v) is 16.4. The summed E-state index contributed by atoms with van der Waals surface area (Å²) in [6.45, 7) is 26.8. The van der Waals surface area contributed by atoms with Crippen molar-refractivity contribution >= 4 is 0 Å². The summed E-state index contributed by atoms with van der Waals surface area (Å²) in [6.07, 6.45) is 6.48. The molecule has 0 amide bonds. The molecule has 1 aliphatic carbocycles. The van der Waals surface area contributed by atoms with Gasteiger partial charge in [-0.15, -0.1) is 0 Å². The molecule has 16 heteroatoms. The van der Waals surface area contributed by atoms with Crippen molar-refractivity contribution in [3.8, 4) is 0 Å². The molecule has 0 atom stereocenters. The fraction of sp³-hybridized carbons (Fsp3) is 1.00. The fourth-order valence-electron chi connectivity index (χ4n) is 6.82. The topological polar surface area (TPSA) is 159 Å². The van der Waals surface area contributed by atoms with Crippen LogP contribution in [-0.4, -0.2) is 209 Å². The third-order valence-electron chi connectivity index (χ3n) is 9.42. The maximum Gasteiger partial charge on any atom is 0.0704 e. The number of rotatable bonds is 47. The standard InChI is InChI=1S/C44H88O16/c1-43(2,3)40-44(4,5)41-6-8-42(9-7-41)60-39-38-59-37-36-58-35-34-57-33-32-56-31-30-55-29-28-54-27-26-53-25-24-52-23-22-51-21-20-50-19-18-49-17-16-48-15-14-47-13-12-46-11-10-45/h41-42,45H,6-40H2,1-5H3. The monoisotopic (exact) mass is 873 g/mol. The molecule has 1 rings (SSSR count). The number of ether oxygens (including phenoxy) is 15. The highest BCUT2D eigenvalue weighted by Crippen LogP contribution is 2.45. The minimum atomic E-state index is 0.0232. The molecule has 0 saturated heterocycles. The lowest BCUT2D eigenvalue weighted by molar-refractivity contribution is -0.0415. The minimum Gasteiger partial charge on any atom is -0.394 e. The van der Waals surface area contributed by atoms with Crippen LogP contribution in [0.15, 0.2) is 0 Å². The molecule has 1 fully saturated rings. The number of hydrogen-bond donors (Lipinski definition) is 1. The molecule has 1 N–H and O–H groups in total. The van der Waals surface area contributed by atoms with E-state index in [4.69, 9.17) is 76.2 Å². The first kappa shape index (κ1) is 57.4. The maximum atomic E-state index is 8.60. The average molecular weight is 873 g/mol. The Hall–Kier alpha value is -0.640. The van der Waals surface area contributed by atoms with Gasteiger partial charge in [0.15, 0.2) is 0 Å². The molecule has 1 aliphatic rings. The molecule has 60 heavy (non-hydrogen) atoms. The first-order chi connectivity index (χ1) is 29.2. The fourth-order valence-corrected chi connectivity index (χ4v) is 6.82. The van der Waals surface area contributed by atoms with Gasteiger partial charge in [-0.25, -0.2) is 0 Å². The molecule has 0 bridgehead atoms. The summed E-state index contributed by atoms with van der Waals surface area (Å²) in [7, 11) is 0. The van der Waals surface area contributed by atoms with Crippen molar-refractivity contribution in [1.82, 2.24) is 0 Å². The van der Waals surface area contributed by atoms with E-state index in [2.05, 4.69) is 34.6 Å². The van der Waals surface area contributed by atoms with E-state index >= 15 is 0 Å². The first-order valence-electron chi connectivity index (χ1n) is 22.6. The number of aliphatic hydroxyl groups is 1. The molecule has 0 aromatic heterocycles. The lowest BCUT2D eigenvalue weighted by Gasteiger charge is -2.42. The van der Waals surface area contributed by atoms with Gasteiger partial charge in [0.05, 0.1) is 204 Å². The van der Waals surface area contributed by atoms with Crippen molar-refractivity contribution < 1.29 is 76.2 Å². The largest absolute Gasteiger partial charge is 0.394 e. The normalized spacial score (nSPS) is 16.3. The van der Waals surface area contributed by atoms with Crippen LogP contribution in [0.2, 0.25) is 0 Å². The number of aliphatic hydroxyl groups excluding tert-OH is 1. The van der Waals surface area contributed by atoms with Crippen LogP contribution in [-0.2, 0) is 71.1 Å². The summed E-state index contributed by atoms with van der Waals surface area (Å²) in [5.74, 6) is 0.790. The lowest BCUT2D eigenvalue weighted by Crippen LogP contribution is -2.34. The Morgan fingerprint density at radius 1 is 0.317 bits per heavy atom. The second kappa shape index (κ2) is 42.3. The Morgan fingerprint density at radius 2 is 0.533 bits per heavy atom. The summed E-state index contributed by atoms with van der Waals surface area (Å²) in [5.41, 5.74) is 0.761. The Labute approximate surface area is 363 Å². The molecule has 16 nitrogen and oxygen atoms in total. The van der Waals surface area contributed by atoms with Gasteiger partial charge in [0, 0.05) is 0 Å². The molecule has 0 aliphatic heterocycles. The van der Waals surface area contributed by atoms with E-state index in [1.165, 1.54) is 19.3 Å². The van der Waals surface area contributed by atoms with Gasteiger partial charge in [0.25, 0.3) is 0 Å². The van der Waals surface area contributed by atoms with Crippen molar-refractivity contribution in [2.24, 2.45) is 16.7 Å². The Bertz CT molecular complexity index is 857. The van der Waals surface area contributed by atoms with Crippen molar-refractivity contribution in [3.05, 3.63) is 0 Å². The summed E-state index contributed by atoms with van der Waals surface area (Å²) < 4.78 is 82.8. The third kappa shape index (κ3) is 40.2. The van der Waals surface area contributed by atoms with E-state index in [0.29, 0.717) is 209 Å². The maximum absolute atomic E-state index is 8.60. The number of hydrogen-bond acceptors (Lipinski definition) is 16. The summed E-state index contributed by atoms with van der Waals surface area (Å²) in [6, 6.07) is 0. The zero-order chi connectivity index (χ0) is 43.5. The van der Waals surface area contributed by atoms with Gasteiger partial charge in [-0.1, -0.05) is 34.6 Å². The van der Waals surface area contributed by atoms with Crippen molar-refractivity contribution in [2.75, 3.05) is 198 Å². The first-order valence-corrected chi connectivity index (χ1v) is 22.6. The SMILES string of the molecule is CC(C)(C)CC(C)(C)C1CCC(OCCOCCOCCOCCOCCOCCOCCOCCOCCOCCOCCOCCOCCOCCOCCO)CC1. The van der Waals surface area contributed by atoms with E-state index in [0.717, 1.165) is 18.8 Å². The van der Waals surface area contributed by atoms with E-state index in [9.17, 15) is 0 Å². The van der Waals surface area contributed by atoms with Crippen molar-refractivity contribution in [3.63, 3.8) is 0 Å². The predicted octanol–water partition coefficient (Wildman–Crippen LogP) is 4.25. The summed E-state index contributed by atoms with van der Waals surface area (Å²) in [5, 5.41) is 8.60. The van der Waals surface area contributed by atoms with E-state index in [1.54, 1.807) is 0 Å². The molecule has 0 aromatic carbocycles. The molecule has 0 radical (unpaired) electrons. The molecular formula is C44H88O16. The van der Waals surface area contributed by atoms with Crippen LogP contribution in [0.3, 0.4) is 0 Å². The quantitative estimate of drug-likeness (QED) is 0.0865. The predicted molar refractivity (Wildman–Crippen MR) is 228 cm³/mol. The zero-order valence-corrected chi connectivity index (χ0v) is 38.5. The van der Waals surface area contributed by atoms with Crippen molar-refractivity contribution in [2.45, 2.75) is 72.8 Å². The summed E-state index contributed by atoms with van der Waals surface area (Å²) in [4.78, 5) is 0. The lowest BCUT2D eigenvalue weighted by atomic mass is 9.64. The van der Waals surface area contributed by atoms with Crippen LogP contribution in [0.4, 0.5) is 0 Å².